The lowest BCUT2D eigenvalue weighted by Crippen LogP contribution is -2.25. The van der Waals surface area contributed by atoms with Crippen LogP contribution < -0.4 is 4.90 Å². The van der Waals surface area contributed by atoms with Crippen LogP contribution in [0.1, 0.15) is 19.4 Å². The Hall–Kier alpha value is -3.58. The Balaban J connectivity index is 1.76. The summed E-state index contributed by atoms with van der Waals surface area (Å²) >= 11 is 0. The number of fused-ring (bicyclic) bond motifs is 2. The number of nitrogens with zero attached hydrogens (tertiary/aromatic N) is 1. The van der Waals surface area contributed by atoms with Gasteiger partial charge in [-0.25, -0.2) is 0 Å². The highest BCUT2D eigenvalue weighted by Crippen LogP contribution is 2.44. The standard InChI is InChI=1S/C30H25N/c1-19(2)31(22-11-4-8-20(3)18-22)28-17-16-26-24-13-6-10-21-9-5-12-23(29(21)24)25-14-7-15-27(28)30(25)26/h4-19H,1-3H3. The van der Waals surface area contributed by atoms with Gasteiger partial charge in [0.2, 0.25) is 0 Å². The zero-order valence-electron chi connectivity index (χ0n) is 18.2. The summed E-state index contributed by atoms with van der Waals surface area (Å²) in [6.45, 7) is 6.71. The van der Waals surface area contributed by atoms with Crippen LogP contribution in [0.4, 0.5) is 11.4 Å². The van der Waals surface area contributed by atoms with Crippen molar-refractivity contribution in [1.29, 1.82) is 0 Å². The molecule has 6 aromatic carbocycles. The number of benzene rings is 6. The number of hydrogen-bond donors (Lipinski definition) is 0. The van der Waals surface area contributed by atoms with Crippen LogP contribution in [0.2, 0.25) is 0 Å². The SMILES string of the molecule is Cc1cccc(N(c2ccc3c4cccc5cccc(c6cccc2c63)c54)C(C)C)c1. The maximum Gasteiger partial charge on any atom is 0.0493 e. The highest BCUT2D eigenvalue weighted by atomic mass is 15.2. The van der Waals surface area contributed by atoms with Gasteiger partial charge in [-0.3, -0.25) is 0 Å². The third kappa shape index (κ3) is 2.63. The van der Waals surface area contributed by atoms with Gasteiger partial charge in [0, 0.05) is 22.8 Å². The second kappa shape index (κ2) is 6.72. The van der Waals surface area contributed by atoms with Crippen LogP contribution in [-0.4, -0.2) is 6.04 Å². The van der Waals surface area contributed by atoms with Crippen molar-refractivity contribution in [2.45, 2.75) is 26.8 Å². The van der Waals surface area contributed by atoms with Gasteiger partial charge in [0.1, 0.15) is 0 Å². The quantitative estimate of drug-likeness (QED) is 0.213. The van der Waals surface area contributed by atoms with E-state index >= 15 is 0 Å². The molecule has 0 aliphatic rings. The molecule has 0 bridgehead atoms. The van der Waals surface area contributed by atoms with Crippen molar-refractivity contribution in [1.82, 2.24) is 0 Å². The van der Waals surface area contributed by atoms with Crippen LogP contribution in [0.25, 0.3) is 43.1 Å². The minimum atomic E-state index is 0.346. The van der Waals surface area contributed by atoms with E-state index in [1.807, 2.05) is 0 Å². The Morgan fingerprint density at radius 2 is 1.16 bits per heavy atom. The predicted molar refractivity (Wildman–Crippen MR) is 136 cm³/mol. The first kappa shape index (κ1) is 18.2. The van der Waals surface area contributed by atoms with Crippen molar-refractivity contribution < 1.29 is 0 Å². The highest BCUT2D eigenvalue weighted by molar-refractivity contribution is 6.34. The third-order valence-corrected chi connectivity index (χ3v) is 6.56. The summed E-state index contributed by atoms with van der Waals surface area (Å²) in [6, 6.07) is 34.0. The molecular weight excluding hydrogens is 374 g/mol. The molecule has 6 aromatic rings. The average Bonchev–Trinajstić information content (AvgIpc) is 2.78. The summed E-state index contributed by atoms with van der Waals surface area (Å²) in [5, 5.41) is 10.7. The molecule has 0 aliphatic carbocycles. The molecule has 31 heavy (non-hydrogen) atoms. The minimum Gasteiger partial charge on any atom is -0.338 e. The monoisotopic (exact) mass is 399 g/mol. The normalized spacial score (nSPS) is 12.0. The molecular formula is C30H25N. The Morgan fingerprint density at radius 3 is 1.84 bits per heavy atom. The van der Waals surface area contributed by atoms with Gasteiger partial charge in [-0.15, -0.1) is 0 Å². The van der Waals surface area contributed by atoms with Crippen molar-refractivity contribution in [3.63, 3.8) is 0 Å². The largest absolute Gasteiger partial charge is 0.338 e. The molecule has 150 valence electrons. The van der Waals surface area contributed by atoms with Crippen LogP contribution in [0.3, 0.4) is 0 Å². The third-order valence-electron chi connectivity index (χ3n) is 6.56. The van der Waals surface area contributed by atoms with Gasteiger partial charge in [-0.05, 0) is 82.2 Å². The number of aryl methyl sites for hydroxylation is 1. The molecule has 0 heterocycles. The lowest BCUT2D eigenvalue weighted by molar-refractivity contribution is 0.791. The summed E-state index contributed by atoms with van der Waals surface area (Å²) in [5.74, 6) is 0. The molecule has 0 aliphatic heterocycles. The molecule has 0 amide bonds. The second-order valence-corrected chi connectivity index (χ2v) is 8.87. The molecule has 0 saturated heterocycles. The van der Waals surface area contributed by atoms with E-state index in [0.29, 0.717) is 6.04 Å². The van der Waals surface area contributed by atoms with Crippen LogP contribution in [0.15, 0.2) is 91.0 Å². The van der Waals surface area contributed by atoms with Gasteiger partial charge < -0.3 is 4.90 Å². The minimum absolute atomic E-state index is 0.346. The van der Waals surface area contributed by atoms with E-state index < -0.39 is 0 Å². The van der Waals surface area contributed by atoms with Gasteiger partial charge in [0.15, 0.2) is 0 Å². The van der Waals surface area contributed by atoms with Crippen LogP contribution >= 0.6 is 0 Å². The molecule has 1 nitrogen and oxygen atoms in total. The van der Waals surface area contributed by atoms with E-state index in [-0.39, 0.29) is 0 Å². The molecule has 0 aromatic heterocycles. The number of anilines is 2. The molecule has 0 N–H and O–H groups in total. The van der Waals surface area contributed by atoms with Gasteiger partial charge in [-0.1, -0.05) is 72.8 Å². The fraction of sp³-hybridized carbons (Fsp3) is 0.133. The van der Waals surface area contributed by atoms with E-state index in [1.54, 1.807) is 0 Å². The highest BCUT2D eigenvalue weighted by Gasteiger charge is 2.19. The summed E-state index contributed by atoms with van der Waals surface area (Å²) in [6.07, 6.45) is 0. The van der Waals surface area contributed by atoms with Gasteiger partial charge >= 0.3 is 0 Å². The van der Waals surface area contributed by atoms with Crippen molar-refractivity contribution in [2.24, 2.45) is 0 Å². The summed E-state index contributed by atoms with van der Waals surface area (Å²) in [5.41, 5.74) is 3.80. The van der Waals surface area contributed by atoms with Gasteiger partial charge in [-0.2, -0.15) is 0 Å². The zero-order chi connectivity index (χ0) is 21.1. The van der Waals surface area contributed by atoms with E-state index in [1.165, 1.54) is 60.0 Å². The molecule has 0 spiro atoms. The van der Waals surface area contributed by atoms with Crippen molar-refractivity contribution >= 4 is 54.5 Å². The van der Waals surface area contributed by atoms with Gasteiger partial charge in [0.25, 0.3) is 0 Å². The first-order chi connectivity index (χ1) is 15.1. The maximum atomic E-state index is 2.47. The Kier molecular flexibility index (Phi) is 3.94. The molecule has 1 heteroatoms. The summed E-state index contributed by atoms with van der Waals surface area (Å²) < 4.78 is 0. The lowest BCUT2D eigenvalue weighted by atomic mass is 9.89. The van der Waals surface area contributed by atoms with Crippen molar-refractivity contribution in [3.05, 3.63) is 96.6 Å². The summed E-state index contributed by atoms with van der Waals surface area (Å²) in [4.78, 5) is 2.47. The van der Waals surface area contributed by atoms with Crippen LogP contribution in [0, 0.1) is 6.92 Å². The molecule has 0 saturated carbocycles. The second-order valence-electron chi connectivity index (χ2n) is 8.87. The predicted octanol–water partition coefficient (Wildman–Crippen LogP) is 8.59. The van der Waals surface area contributed by atoms with E-state index in [2.05, 4.69) is 117 Å². The lowest BCUT2D eigenvalue weighted by Gasteiger charge is -2.31. The van der Waals surface area contributed by atoms with E-state index in [9.17, 15) is 0 Å². The average molecular weight is 400 g/mol. The van der Waals surface area contributed by atoms with Gasteiger partial charge in [0.05, 0.1) is 0 Å². The fourth-order valence-corrected chi connectivity index (χ4v) is 5.33. The van der Waals surface area contributed by atoms with E-state index in [0.717, 1.165) is 0 Å². The van der Waals surface area contributed by atoms with Crippen molar-refractivity contribution in [2.75, 3.05) is 4.90 Å². The Morgan fingerprint density at radius 1 is 0.581 bits per heavy atom. The zero-order valence-corrected chi connectivity index (χ0v) is 18.2. The molecule has 0 unspecified atom stereocenters. The number of rotatable bonds is 3. The first-order valence-corrected chi connectivity index (χ1v) is 11.1. The number of hydrogen-bond acceptors (Lipinski definition) is 1. The smallest absolute Gasteiger partial charge is 0.0493 e. The molecule has 6 rings (SSSR count). The first-order valence-electron chi connectivity index (χ1n) is 11.1. The molecule has 0 atom stereocenters. The Bertz CT molecular complexity index is 1520. The summed E-state index contributed by atoms with van der Waals surface area (Å²) in [7, 11) is 0. The van der Waals surface area contributed by atoms with Crippen LogP contribution in [-0.2, 0) is 0 Å². The molecule has 0 fully saturated rings. The van der Waals surface area contributed by atoms with E-state index in [4.69, 9.17) is 0 Å². The topological polar surface area (TPSA) is 3.24 Å². The fourth-order valence-electron chi connectivity index (χ4n) is 5.33. The molecule has 0 radical (unpaired) electrons. The van der Waals surface area contributed by atoms with Crippen LogP contribution in [0.5, 0.6) is 0 Å². The van der Waals surface area contributed by atoms with Crippen molar-refractivity contribution in [3.8, 4) is 0 Å². The Labute approximate surface area is 182 Å². The maximum absolute atomic E-state index is 2.47.